The zero-order valence-electron chi connectivity index (χ0n) is 12.6. The molecule has 1 heterocycles. The molecule has 6 nitrogen and oxygen atoms in total. The van der Waals surface area contributed by atoms with Crippen molar-refractivity contribution in [3.63, 3.8) is 0 Å². The number of nitrogens with one attached hydrogen (secondary N) is 2. The van der Waals surface area contributed by atoms with Crippen molar-refractivity contribution in [2.24, 2.45) is 0 Å². The summed E-state index contributed by atoms with van der Waals surface area (Å²) in [5.41, 5.74) is 0.568. The molecule has 1 saturated heterocycles. The van der Waals surface area contributed by atoms with Crippen molar-refractivity contribution in [2.45, 2.75) is 6.10 Å². The highest BCUT2D eigenvalue weighted by atomic mass is 19.1. The molecule has 0 saturated carbocycles. The smallest absolute Gasteiger partial charge is 0.251 e. The molecule has 3 N–H and O–H groups in total. The molecule has 1 aromatic rings. The minimum atomic E-state index is -0.663. The Morgan fingerprint density at radius 1 is 1.45 bits per heavy atom. The molecule has 2 rings (SSSR count). The van der Waals surface area contributed by atoms with Gasteiger partial charge in [-0.25, -0.2) is 4.39 Å². The summed E-state index contributed by atoms with van der Waals surface area (Å²) in [7, 11) is 1.61. The van der Waals surface area contributed by atoms with Crippen LogP contribution in [-0.4, -0.2) is 68.5 Å². The van der Waals surface area contributed by atoms with Crippen molar-refractivity contribution in [2.75, 3.05) is 51.8 Å². The third-order valence-electron chi connectivity index (χ3n) is 3.57. The maximum absolute atomic E-state index is 13.6. The van der Waals surface area contributed by atoms with Gasteiger partial charge in [-0.2, -0.15) is 0 Å². The van der Waals surface area contributed by atoms with Crippen LogP contribution in [-0.2, 0) is 4.74 Å². The Balaban J connectivity index is 1.80. The Bertz CT molecular complexity index is 507. The van der Waals surface area contributed by atoms with Gasteiger partial charge in [0, 0.05) is 38.8 Å². The van der Waals surface area contributed by atoms with E-state index in [0.717, 1.165) is 13.1 Å². The van der Waals surface area contributed by atoms with Crippen LogP contribution in [0.15, 0.2) is 18.2 Å². The Kier molecular flexibility index (Phi) is 6.11. The molecule has 1 unspecified atom stereocenters. The number of amides is 1. The Morgan fingerprint density at radius 3 is 2.82 bits per heavy atom. The van der Waals surface area contributed by atoms with Gasteiger partial charge in [0.05, 0.1) is 25.0 Å². The number of hydrogen-bond acceptors (Lipinski definition) is 5. The lowest BCUT2D eigenvalue weighted by atomic mass is 10.1. The van der Waals surface area contributed by atoms with E-state index >= 15 is 0 Å². The molecule has 0 bridgehead atoms. The van der Waals surface area contributed by atoms with E-state index in [1.807, 2.05) is 0 Å². The fourth-order valence-corrected chi connectivity index (χ4v) is 2.32. The predicted octanol–water partition coefficient (Wildman–Crippen LogP) is 0.290. The van der Waals surface area contributed by atoms with Crippen LogP contribution in [0.4, 0.5) is 10.1 Å². The minimum Gasteiger partial charge on any atom is -0.390 e. The van der Waals surface area contributed by atoms with E-state index in [0.29, 0.717) is 25.4 Å². The molecule has 0 aromatic heterocycles. The number of ether oxygens (including phenoxy) is 1. The van der Waals surface area contributed by atoms with Gasteiger partial charge >= 0.3 is 0 Å². The minimum absolute atomic E-state index is 0.131. The van der Waals surface area contributed by atoms with Crippen molar-refractivity contribution >= 4 is 11.6 Å². The summed E-state index contributed by atoms with van der Waals surface area (Å²) < 4.78 is 18.8. The van der Waals surface area contributed by atoms with E-state index in [2.05, 4.69) is 15.5 Å². The summed E-state index contributed by atoms with van der Waals surface area (Å²) in [6.07, 6.45) is -0.663. The summed E-state index contributed by atoms with van der Waals surface area (Å²) in [6, 6.07) is 4.22. The zero-order valence-corrected chi connectivity index (χ0v) is 12.6. The van der Waals surface area contributed by atoms with Crippen LogP contribution in [0.2, 0.25) is 0 Å². The molecule has 7 heteroatoms. The van der Waals surface area contributed by atoms with Crippen LogP contribution in [0, 0.1) is 5.82 Å². The lowest BCUT2D eigenvalue weighted by Crippen LogP contribution is -2.44. The van der Waals surface area contributed by atoms with Crippen molar-refractivity contribution < 1.29 is 19.0 Å². The fourth-order valence-electron chi connectivity index (χ4n) is 2.32. The number of carbonyl (C=O) groups excluding carboxylic acids is 1. The maximum atomic E-state index is 13.6. The van der Waals surface area contributed by atoms with E-state index in [9.17, 15) is 14.3 Å². The first-order chi connectivity index (χ1) is 10.6. The Labute approximate surface area is 129 Å². The quantitative estimate of drug-likeness (QED) is 0.704. The Morgan fingerprint density at radius 2 is 2.18 bits per heavy atom. The number of nitrogens with zero attached hydrogens (tertiary/aromatic N) is 1. The van der Waals surface area contributed by atoms with Crippen molar-refractivity contribution in [1.82, 2.24) is 10.2 Å². The third kappa shape index (κ3) is 4.66. The fraction of sp³-hybridized carbons (Fsp3) is 0.533. The monoisotopic (exact) mass is 311 g/mol. The third-order valence-corrected chi connectivity index (χ3v) is 3.57. The van der Waals surface area contributed by atoms with Gasteiger partial charge in [-0.1, -0.05) is 0 Å². The SMILES string of the molecule is CNc1ccc(C(=O)NCC(O)CN2CCOCC2)cc1F. The zero-order chi connectivity index (χ0) is 15.9. The topological polar surface area (TPSA) is 73.8 Å². The number of morpholine rings is 1. The van der Waals surface area contributed by atoms with E-state index < -0.39 is 17.8 Å². The number of aliphatic hydroxyl groups is 1. The lowest BCUT2D eigenvalue weighted by molar-refractivity contribution is 0.0149. The first kappa shape index (κ1) is 16.7. The first-order valence-electron chi connectivity index (χ1n) is 7.34. The lowest BCUT2D eigenvalue weighted by Gasteiger charge is -2.28. The predicted molar refractivity (Wildman–Crippen MR) is 81.5 cm³/mol. The van der Waals surface area contributed by atoms with E-state index in [1.54, 1.807) is 13.1 Å². The molecule has 22 heavy (non-hydrogen) atoms. The van der Waals surface area contributed by atoms with Gasteiger partial charge in [0.25, 0.3) is 5.91 Å². The highest BCUT2D eigenvalue weighted by molar-refractivity contribution is 5.94. The number of halogens is 1. The molecule has 0 aliphatic carbocycles. The second-order valence-corrected chi connectivity index (χ2v) is 5.22. The molecule has 1 aromatic carbocycles. The standard InChI is InChI=1S/C15H22FN3O3/c1-17-14-3-2-11(8-13(14)16)15(21)18-9-12(20)10-19-4-6-22-7-5-19/h2-3,8,12,17,20H,4-7,9-10H2,1H3,(H,18,21). The molecule has 1 aliphatic heterocycles. The first-order valence-corrected chi connectivity index (χ1v) is 7.34. The van der Waals surface area contributed by atoms with Crippen LogP contribution in [0.1, 0.15) is 10.4 Å². The Hall–Kier alpha value is -1.70. The number of rotatable bonds is 6. The normalized spacial score (nSPS) is 17.0. The number of carbonyl (C=O) groups is 1. The maximum Gasteiger partial charge on any atom is 0.251 e. The number of anilines is 1. The second kappa shape index (κ2) is 8.07. The number of hydrogen-bond donors (Lipinski definition) is 3. The van der Waals surface area contributed by atoms with Crippen molar-refractivity contribution in [3.05, 3.63) is 29.6 Å². The van der Waals surface area contributed by atoms with Crippen molar-refractivity contribution in [1.29, 1.82) is 0 Å². The van der Waals surface area contributed by atoms with Gasteiger partial charge in [0.2, 0.25) is 0 Å². The van der Waals surface area contributed by atoms with Crippen LogP contribution in [0.5, 0.6) is 0 Å². The summed E-state index contributed by atoms with van der Waals surface area (Å²) in [4.78, 5) is 14.0. The van der Waals surface area contributed by atoms with Gasteiger partial charge in [-0.15, -0.1) is 0 Å². The van der Waals surface area contributed by atoms with E-state index in [-0.39, 0.29) is 12.1 Å². The molecule has 1 fully saturated rings. The molecular formula is C15H22FN3O3. The van der Waals surface area contributed by atoms with Crippen LogP contribution in [0.25, 0.3) is 0 Å². The highest BCUT2D eigenvalue weighted by Crippen LogP contribution is 2.14. The summed E-state index contributed by atoms with van der Waals surface area (Å²) in [6.45, 7) is 3.50. The largest absolute Gasteiger partial charge is 0.390 e. The van der Waals surface area contributed by atoms with Crippen molar-refractivity contribution in [3.8, 4) is 0 Å². The van der Waals surface area contributed by atoms with E-state index in [4.69, 9.17) is 4.74 Å². The van der Waals surface area contributed by atoms with Crippen LogP contribution >= 0.6 is 0 Å². The molecule has 1 amide bonds. The molecule has 1 aliphatic rings. The average Bonchev–Trinajstić information content (AvgIpc) is 2.53. The van der Waals surface area contributed by atoms with E-state index in [1.165, 1.54) is 12.1 Å². The highest BCUT2D eigenvalue weighted by Gasteiger charge is 2.16. The van der Waals surface area contributed by atoms with Gasteiger partial charge in [0.15, 0.2) is 0 Å². The van der Waals surface area contributed by atoms with Gasteiger partial charge in [-0.3, -0.25) is 9.69 Å². The molecule has 1 atom stereocenters. The number of aliphatic hydroxyl groups excluding tert-OH is 1. The second-order valence-electron chi connectivity index (χ2n) is 5.22. The summed E-state index contributed by atoms with van der Waals surface area (Å²) in [5, 5.41) is 15.3. The molecule has 0 radical (unpaired) electrons. The van der Waals surface area contributed by atoms with Crippen LogP contribution < -0.4 is 10.6 Å². The molecular weight excluding hydrogens is 289 g/mol. The van der Waals surface area contributed by atoms with Gasteiger partial charge in [-0.05, 0) is 18.2 Å². The summed E-state index contributed by atoms with van der Waals surface area (Å²) in [5.74, 6) is -0.883. The summed E-state index contributed by atoms with van der Waals surface area (Å²) >= 11 is 0. The number of benzene rings is 1. The molecule has 0 spiro atoms. The average molecular weight is 311 g/mol. The molecule has 122 valence electrons. The van der Waals surface area contributed by atoms with Gasteiger partial charge < -0.3 is 20.5 Å². The van der Waals surface area contributed by atoms with Gasteiger partial charge in [0.1, 0.15) is 5.82 Å². The number of β-amino-alcohol motifs (C(OH)–C–C–N with tert-alkyl or cyclic N) is 1. The van der Waals surface area contributed by atoms with Crippen LogP contribution in [0.3, 0.4) is 0 Å².